The number of carbonyl (C=O) groups is 2. The van der Waals surface area contributed by atoms with E-state index in [2.05, 4.69) is 33.8 Å². The molecule has 0 aliphatic heterocycles. The van der Waals surface area contributed by atoms with Crippen molar-refractivity contribution in [3.63, 3.8) is 0 Å². The highest BCUT2D eigenvalue weighted by Gasteiger charge is 2.38. The van der Waals surface area contributed by atoms with Gasteiger partial charge in [-0.2, -0.15) is 0 Å². The molecule has 136 valence electrons. The molecular weight excluding hydrogens is 324 g/mol. The molecule has 3 rings (SSSR count). The molecule has 3 heteroatoms. The molecule has 0 radical (unpaired) electrons. The van der Waals surface area contributed by atoms with E-state index in [-0.39, 0.29) is 16.8 Å². The summed E-state index contributed by atoms with van der Waals surface area (Å²) in [7, 11) is 0. The van der Waals surface area contributed by atoms with E-state index < -0.39 is 0 Å². The van der Waals surface area contributed by atoms with Crippen molar-refractivity contribution in [2.45, 2.75) is 58.3 Å². The first-order valence-electron chi connectivity index (χ1n) is 9.07. The van der Waals surface area contributed by atoms with Crippen LogP contribution < -0.4 is 4.74 Å². The van der Waals surface area contributed by atoms with Crippen LogP contribution >= 0.6 is 0 Å². The molecule has 2 aromatic rings. The number of rotatable bonds is 3. The summed E-state index contributed by atoms with van der Waals surface area (Å²) in [5.74, 6) is 0.0839. The van der Waals surface area contributed by atoms with Crippen molar-refractivity contribution < 1.29 is 14.3 Å². The summed E-state index contributed by atoms with van der Waals surface area (Å²) < 4.78 is 5.54. The van der Waals surface area contributed by atoms with Crippen LogP contribution in [0, 0.1) is 6.92 Å². The third kappa shape index (κ3) is 3.31. The lowest BCUT2D eigenvalue weighted by atomic mass is 9.62. The summed E-state index contributed by atoms with van der Waals surface area (Å²) in [5.41, 5.74) is 4.82. The van der Waals surface area contributed by atoms with Gasteiger partial charge in [-0.05, 0) is 77.6 Å². The van der Waals surface area contributed by atoms with Crippen molar-refractivity contribution in [3.8, 4) is 5.75 Å². The molecule has 3 nitrogen and oxygen atoms in total. The predicted molar refractivity (Wildman–Crippen MR) is 103 cm³/mol. The molecule has 1 aliphatic carbocycles. The zero-order chi connectivity index (χ0) is 19.1. The third-order valence-electron chi connectivity index (χ3n) is 5.64. The molecule has 0 unspecified atom stereocenters. The van der Waals surface area contributed by atoms with Crippen molar-refractivity contribution in [2.75, 3.05) is 0 Å². The average molecular weight is 350 g/mol. The fourth-order valence-corrected chi connectivity index (χ4v) is 3.72. The Morgan fingerprint density at radius 1 is 0.962 bits per heavy atom. The molecule has 1 aliphatic rings. The highest BCUT2D eigenvalue weighted by molar-refractivity contribution is 5.93. The number of hydrogen-bond donors (Lipinski definition) is 0. The number of benzene rings is 2. The van der Waals surface area contributed by atoms with Crippen LogP contribution in [0.2, 0.25) is 0 Å². The van der Waals surface area contributed by atoms with E-state index in [0.29, 0.717) is 16.9 Å². The molecule has 0 spiro atoms. The Morgan fingerprint density at radius 3 is 2.04 bits per heavy atom. The predicted octanol–water partition coefficient (Wildman–Crippen LogP) is 5.38. The van der Waals surface area contributed by atoms with Crippen LogP contribution in [0.5, 0.6) is 5.75 Å². The Hall–Kier alpha value is -2.42. The van der Waals surface area contributed by atoms with Crippen molar-refractivity contribution in [3.05, 3.63) is 64.2 Å². The molecule has 0 heterocycles. The highest BCUT2D eigenvalue weighted by atomic mass is 16.5. The van der Waals surface area contributed by atoms with Gasteiger partial charge in [0, 0.05) is 5.56 Å². The van der Waals surface area contributed by atoms with E-state index in [1.165, 1.54) is 11.1 Å². The van der Waals surface area contributed by atoms with E-state index in [4.69, 9.17) is 4.74 Å². The average Bonchev–Trinajstić information content (AvgIpc) is 2.59. The topological polar surface area (TPSA) is 43.4 Å². The van der Waals surface area contributed by atoms with Gasteiger partial charge in [0.15, 0.2) is 0 Å². The number of ether oxygens (including phenoxy) is 1. The minimum absolute atomic E-state index is 0.0409. The van der Waals surface area contributed by atoms with Gasteiger partial charge in [-0.3, -0.25) is 4.79 Å². The second-order valence-corrected chi connectivity index (χ2v) is 8.56. The lowest BCUT2D eigenvalue weighted by molar-refractivity contribution is 0.0733. The van der Waals surface area contributed by atoms with Crippen LogP contribution in [0.1, 0.15) is 77.9 Å². The van der Waals surface area contributed by atoms with Gasteiger partial charge in [0.25, 0.3) is 0 Å². The van der Waals surface area contributed by atoms with E-state index in [1.54, 1.807) is 24.3 Å². The Labute approximate surface area is 155 Å². The zero-order valence-corrected chi connectivity index (χ0v) is 16.2. The van der Waals surface area contributed by atoms with Crippen LogP contribution in [-0.2, 0) is 10.8 Å². The van der Waals surface area contributed by atoms with Crippen molar-refractivity contribution in [1.29, 1.82) is 0 Å². The van der Waals surface area contributed by atoms with Crippen LogP contribution in [-0.4, -0.2) is 12.3 Å². The van der Waals surface area contributed by atoms with Crippen molar-refractivity contribution in [1.82, 2.24) is 0 Å². The number of esters is 1. The van der Waals surface area contributed by atoms with Gasteiger partial charge in [0.2, 0.25) is 0 Å². The summed E-state index contributed by atoms with van der Waals surface area (Å²) in [6.45, 7) is 11.0. The summed E-state index contributed by atoms with van der Waals surface area (Å²) in [4.78, 5) is 23.5. The minimum atomic E-state index is -0.358. The van der Waals surface area contributed by atoms with Crippen LogP contribution in [0.4, 0.5) is 0 Å². The molecule has 26 heavy (non-hydrogen) atoms. The Bertz CT molecular complexity index is 858. The summed E-state index contributed by atoms with van der Waals surface area (Å²) in [6, 6.07) is 10.7. The maximum atomic E-state index is 12.8. The minimum Gasteiger partial charge on any atom is -0.423 e. The number of carbonyl (C=O) groups excluding carboxylic acids is 2. The molecule has 0 atom stereocenters. The normalized spacial score (nSPS) is 17.3. The summed E-state index contributed by atoms with van der Waals surface area (Å²) >= 11 is 0. The quantitative estimate of drug-likeness (QED) is 0.424. The van der Waals surface area contributed by atoms with E-state index in [0.717, 1.165) is 24.7 Å². The molecule has 0 N–H and O–H groups in total. The molecule has 0 aromatic heterocycles. The van der Waals surface area contributed by atoms with Crippen LogP contribution in [0.3, 0.4) is 0 Å². The molecule has 0 bridgehead atoms. The van der Waals surface area contributed by atoms with Crippen molar-refractivity contribution >= 4 is 12.3 Å². The Morgan fingerprint density at radius 2 is 1.50 bits per heavy atom. The first-order valence-corrected chi connectivity index (χ1v) is 9.07. The van der Waals surface area contributed by atoms with Gasteiger partial charge in [0.1, 0.15) is 12.0 Å². The molecule has 2 aromatic carbocycles. The molecule has 0 amide bonds. The second-order valence-electron chi connectivity index (χ2n) is 8.56. The van der Waals surface area contributed by atoms with E-state index in [9.17, 15) is 9.59 Å². The van der Waals surface area contributed by atoms with Crippen LogP contribution in [0.15, 0.2) is 36.4 Å². The van der Waals surface area contributed by atoms with Gasteiger partial charge >= 0.3 is 5.97 Å². The standard InChI is InChI=1S/C23H26O3/c1-15-12-19-20(23(4,5)11-10-22(19,2)3)13-18(15)21(25)26-17-8-6-16(14-24)7-9-17/h6-9,12-14H,10-11H2,1-5H3. The number of fused-ring (bicyclic) bond motifs is 1. The number of aryl methyl sites for hydroxylation is 1. The van der Waals surface area contributed by atoms with Gasteiger partial charge in [-0.15, -0.1) is 0 Å². The van der Waals surface area contributed by atoms with Gasteiger partial charge in [-0.1, -0.05) is 33.8 Å². The van der Waals surface area contributed by atoms with E-state index in [1.807, 2.05) is 13.0 Å². The summed E-state index contributed by atoms with van der Waals surface area (Å²) in [5, 5.41) is 0. The first-order chi connectivity index (χ1) is 12.1. The lowest BCUT2D eigenvalue weighted by Crippen LogP contribution is -2.34. The van der Waals surface area contributed by atoms with Crippen LogP contribution in [0.25, 0.3) is 0 Å². The zero-order valence-electron chi connectivity index (χ0n) is 16.2. The number of hydrogen-bond acceptors (Lipinski definition) is 3. The first kappa shape index (κ1) is 18.4. The summed E-state index contributed by atoms with van der Waals surface area (Å²) in [6.07, 6.45) is 3.00. The lowest BCUT2D eigenvalue weighted by Gasteiger charge is -2.42. The maximum absolute atomic E-state index is 12.8. The second kappa shape index (κ2) is 6.39. The SMILES string of the molecule is Cc1cc2c(cc1C(=O)Oc1ccc(C=O)cc1)C(C)(C)CCC2(C)C. The Balaban J connectivity index is 1.97. The fourth-order valence-electron chi connectivity index (χ4n) is 3.72. The maximum Gasteiger partial charge on any atom is 0.343 e. The monoisotopic (exact) mass is 350 g/mol. The third-order valence-corrected chi connectivity index (χ3v) is 5.64. The highest BCUT2D eigenvalue weighted by Crippen LogP contribution is 2.46. The number of aldehydes is 1. The van der Waals surface area contributed by atoms with E-state index >= 15 is 0 Å². The molecule has 0 fully saturated rings. The Kier molecular flexibility index (Phi) is 4.51. The molecule has 0 saturated heterocycles. The fraction of sp³-hybridized carbons (Fsp3) is 0.391. The van der Waals surface area contributed by atoms with Gasteiger partial charge in [0.05, 0.1) is 5.56 Å². The molecular formula is C23H26O3. The van der Waals surface area contributed by atoms with Crippen molar-refractivity contribution in [2.24, 2.45) is 0 Å². The largest absolute Gasteiger partial charge is 0.423 e. The molecule has 0 saturated carbocycles. The van der Waals surface area contributed by atoms with Gasteiger partial charge < -0.3 is 4.74 Å². The smallest absolute Gasteiger partial charge is 0.343 e. The van der Waals surface area contributed by atoms with Gasteiger partial charge in [-0.25, -0.2) is 4.79 Å².